The predicted molar refractivity (Wildman–Crippen MR) is 82.6 cm³/mol. The smallest absolute Gasteiger partial charge is 0.240 e. The minimum atomic E-state index is -0.441. The molecule has 1 aromatic rings. The number of carbonyl (C=O) groups is 1. The Morgan fingerprint density at radius 2 is 2.05 bits per heavy atom. The molecule has 19 heavy (non-hydrogen) atoms. The first-order valence-electron chi connectivity index (χ1n) is 6.24. The van der Waals surface area contributed by atoms with Crippen molar-refractivity contribution in [2.24, 2.45) is 11.7 Å². The minimum Gasteiger partial charge on any atom is -0.337 e. The van der Waals surface area contributed by atoms with Crippen molar-refractivity contribution in [1.29, 1.82) is 0 Å². The van der Waals surface area contributed by atoms with Gasteiger partial charge in [-0.2, -0.15) is 0 Å². The van der Waals surface area contributed by atoms with Crippen LogP contribution in [0.2, 0.25) is 5.02 Å². The number of benzene rings is 1. The number of hydrogen-bond acceptors (Lipinski definition) is 2. The van der Waals surface area contributed by atoms with Crippen LogP contribution in [0, 0.1) is 5.92 Å². The Hall–Kier alpha value is -0.770. The second-order valence-electron chi connectivity index (χ2n) is 4.75. The summed E-state index contributed by atoms with van der Waals surface area (Å²) in [5.41, 5.74) is 6.92. The van der Waals surface area contributed by atoms with E-state index in [0.29, 0.717) is 18.1 Å². The van der Waals surface area contributed by atoms with Crippen LogP contribution in [0.1, 0.15) is 26.3 Å². The van der Waals surface area contributed by atoms with Gasteiger partial charge in [0.1, 0.15) is 0 Å². The molecule has 5 heteroatoms. The number of carbonyl (C=O) groups excluding carboxylic acids is 1. The monoisotopic (exact) mass is 304 g/mol. The molecule has 0 saturated carbocycles. The van der Waals surface area contributed by atoms with Crippen LogP contribution >= 0.6 is 24.0 Å². The molecule has 1 atom stereocenters. The topological polar surface area (TPSA) is 46.3 Å². The molecule has 0 saturated heterocycles. The van der Waals surface area contributed by atoms with E-state index in [2.05, 4.69) is 0 Å². The van der Waals surface area contributed by atoms with Gasteiger partial charge in [-0.15, -0.1) is 12.4 Å². The van der Waals surface area contributed by atoms with Crippen LogP contribution in [0.3, 0.4) is 0 Å². The van der Waals surface area contributed by atoms with Crippen LogP contribution in [0.5, 0.6) is 0 Å². The van der Waals surface area contributed by atoms with E-state index in [0.717, 1.165) is 5.56 Å². The van der Waals surface area contributed by atoms with Crippen molar-refractivity contribution in [3.8, 4) is 0 Å². The Bertz CT molecular complexity index is 410. The largest absolute Gasteiger partial charge is 0.337 e. The molecule has 1 aromatic carbocycles. The van der Waals surface area contributed by atoms with E-state index < -0.39 is 6.04 Å². The second kappa shape index (κ2) is 8.41. The van der Waals surface area contributed by atoms with Gasteiger partial charge in [-0.1, -0.05) is 37.6 Å². The average molecular weight is 305 g/mol. The first-order valence-corrected chi connectivity index (χ1v) is 6.62. The van der Waals surface area contributed by atoms with Gasteiger partial charge in [0.05, 0.1) is 6.04 Å². The summed E-state index contributed by atoms with van der Waals surface area (Å²) in [4.78, 5) is 13.9. The SMILES string of the molecule is CCN(Cc1cccc(Cl)c1)C(=O)C(N)C(C)C.Cl. The third-order valence-corrected chi connectivity index (χ3v) is 3.19. The molecular weight excluding hydrogens is 283 g/mol. The highest BCUT2D eigenvalue weighted by Gasteiger charge is 2.22. The van der Waals surface area contributed by atoms with E-state index in [1.165, 1.54) is 0 Å². The number of rotatable bonds is 5. The summed E-state index contributed by atoms with van der Waals surface area (Å²) >= 11 is 5.94. The van der Waals surface area contributed by atoms with Crippen molar-refractivity contribution >= 4 is 29.9 Å². The Labute approximate surface area is 126 Å². The minimum absolute atomic E-state index is 0. The van der Waals surface area contributed by atoms with Crippen molar-refractivity contribution in [2.75, 3.05) is 6.54 Å². The van der Waals surface area contributed by atoms with Gasteiger partial charge in [-0.3, -0.25) is 4.79 Å². The van der Waals surface area contributed by atoms with Crippen molar-refractivity contribution in [3.05, 3.63) is 34.9 Å². The molecule has 108 valence electrons. The van der Waals surface area contributed by atoms with E-state index in [-0.39, 0.29) is 24.2 Å². The Morgan fingerprint density at radius 1 is 1.42 bits per heavy atom. The third-order valence-electron chi connectivity index (χ3n) is 2.96. The number of hydrogen-bond donors (Lipinski definition) is 1. The van der Waals surface area contributed by atoms with Gasteiger partial charge < -0.3 is 10.6 Å². The third kappa shape index (κ3) is 5.39. The molecular formula is C14H22Cl2N2O. The summed E-state index contributed by atoms with van der Waals surface area (Å²) in [6, 6.07) is 7.10. The van der Waals surface area contributed by atoms with E-state index in [1.807, 2.05) is 45.0 Å². The normalized spacial score (nSPS) is 11.9. The molecule has 2 N–H and O–H groups in total. The lowest BCUT2D eigenvalue weighted by molar-refractivity contribution is -0.134. The van der Waals surface area contributed by atoms with Crippen LogP contribution in [0.4, 0.5) is 0 Å². The van der Waals surface area contributed by atoms with Crippen molar-refractivity contribution in [3.63, 3.8) is 0 Å². The standard InChI is InChI=1S/C14H21ClN2O.ClH/c1-4-17(14(18)13(16)10(2)3)9-11-6-5-7-12(15)8-11;/h5-8,10,13H,4,9,16H2,1-3H3;1H. The first-order chi connectivity index (χ1) is 8.45. The maximum atomic E-state index is 12.2. The van der Waals surface area contributed by atoms with Gasteiger partial charge in [0.2, 0.25) is 5.91 Å². The zero-order chi connectivity index (χ0) is 13.7. The summed E-state index contributed by atoms with van der Waals surface area (Å²) in [5, 5.41) is 0.684. The van der Waals surface area contributed by atoms with Gasteiger partial charge in [0, 0.05) is 18.1 Å². The number of amides is 1. The number of nitrogens with two attached hydrogens (primary N) is 1. The molecule has 0 aliphatic heterocycles. The summed E-state index contributed by atoms with van der Waals surface area (Å²) in [6.45, 7) is 7.06. The number of likely N-dealkylation sites (N-methyl/N-ethyl adjacent to an activating group) is 1. The lowest BCUT2D eigenvalue weighted by Crippen LogP contribution is -2.46. The maximum absolute atomic E-state index is 12.2. The molecule has 1 rings (SSSR count). The lowest BCUT2D eigenvalue weighted by Gasteiger charge is -2.26. The van der Waals surface area contributed by atoms with E-state index in [4.69, 9.17) is 17.3 Å². The molecule has 0 aliphatic carbocycles. The van der Waals surface area contributed by atoms with Crippen LogP contribution in [0.15, 0.2) is 24.3 Å². The van der Waals surface area contributed by atoms with Crippen LogP contribution in [0.25, 0.3) is 0 Å². The van der Waals surface area contributed by atoms with Crippen molar-refractivity contribution in [2.45, 2.75) is 33.4 Å². The molecule has 1 unspecified atom stereocenters. The zero-order valence-corrected chi connectivity index (χ0v) is 13.2. The van der Waals surface area contributed by atoms with Crippen LogP contribution < -0.4 is 5.73 Å². The van der Waals surface area contributed by atoms with Crippen molar-refractivity contribution in [1.82, 2.24) is 4.90 Å². The molecule has 0 radical (unpaired) electrons. The van der Waals surface area contributed by atoms with Gasteiger partial charge in [0.25, 0.3) is 0 Å². The van der Waals surface area contributed by atoms with E-state index in [9.17, 15) is 4.79 Å². The second-order valence-corrected chi connectivity index (χ2v) is 5.19. The highest BCUT2D eigenvalue weighted by Crippen LogP contribution is 2.14. The summed E-state index contributed by atoms with van der Waals surface area (Å²) in [7, 11) is 0. The van der Waals surface area contributed by atoms with Gasteiger partial charge in [-0.25, -0.2) is 0 Å². The van der Waals surface area contributed by atoms with Crippen LogP contribution in [-0.4, -0.2) is 23.4 Å². The Balaban J connectivity index is 0.00000324. The van der Waals surface area contributed by atoms with Gasteiger partial charge >= 0.3 is 0 Å². The molecule has 0 aliphatic rings. The van der Waals surface area contributed by atoms with Gasteiger partial charge in [-0.05, 0) is 30.5 Å². The molecule has 0 bridgehead atoms. The molecule has 0 aromatic heterocycles. The van der Waals surface area contributed by atoms with E-state index in [1.54, 1.807) is 4.90 Å². The Kier molecular flexibility index (Phi) is 8.07. The molecule has 0 fully saturated rings. The first kappa shape index (κ1) is 18.2. The molecule has 0 spiro atoms. The highest BCUT2D eigenvalue weighted by atomic mass is 35.5. The molecule has 1 amide bonds. The summed E-state index contributed by atoms with van der Waals surface area (Å²) < 4.78 is 0. The van der Waals surface area contributed by atoms with Crippen LogP contribution in [-0.2, 0) is 11.3 Å². The lowest BCUT2D eigenvalue weighted by atomic mass is 10.0. The Morgan fingerprint density at radius 3 is 2.53 bits per heavy atom. The maximum Gasteiger partial charge on any atom is 0.240 e. The predicted octanol–water partition coefficient (Wildman–Crippen LogP) is 3.09. The molecule has 0 heterocycles. The number of halogens is 2. The highest BCUT2D eigenvalue weighted by molar-refractivity contribution is 6.30. The molecule has 3 nitrogen and oxygen atoms in total. The average Bonchev–Trinajstić information content (AvgIpc) is 2.34. The van der Waals surface area contributed by atoms with Crippen molar-refractivity contribution < 1.29 is 4.79 Å². The fourth-order valence-electron chi connectivity index (χ4n) is 1.70. The van der Waals surface area contributed by atoms with Gasteiger partial charge in [0.15, 0.2) is 0 Å². The van der Waals surface area contributed by atoms with E-state index >= 15 is 0 Å². The zero-order valence-electron chi connectivity index (χ0n) is 11.6. The fraction of sp³-hybridized carbons (Fsp3) is 0.500. The number of nitrogens with zero attached hydrogens (tertiary/aromatic N) is 1. The fourth-order valence-corrected chi connectivity index (χ4v) is 1.91. The quantitative estimate of drug-likeness (QED) is 0.908. The summed E-state index contributed by atoms with van der Waals surface area (Å²) in [5.74, 6) is 0.137. The summed E-state index contributed by atoms with van der Waals surface area (Å²) in [6.07, 6.45) is 0.